The normalized spacial score (nSPS) is 10.5. The summed E-state index contributed by atoms with van der Waals surface area (Å²) in [6.07, 6.45) is 0. The Kier molecular flexibility index (Phi) is 7.95. The predicted molar refractivity (Wildman–Crippen MR) is 87.3 cm³/mol. The standard InChI is InChI=1S/C13H19BrN2O.C2H6/c1-9(15)11-5-4-10(14)6-12(11)16-7-13(2,3)8-17;1-2/h4-6,15-17H,7-8H2,1-3H3;1-2H3. The fourth-order valence-corrected chi connectivity index (χ4v) is 1.74. The molecule has 0 spiro atoms. The first-order chi connectivity index (χ1) is 8.85. The highest BCUT2D eigenvalue weighted by molar-refractivity contribution is 9.10. The van der Waals surface area contributed by atoms with Crippen molar-refractivity contribution in [1.82, 2.24) is 0 Å². The number of anilines is 1. The number of hydrogen-bond acceptors (Lipinski definition) is 3. The first kappa shape index (κ1) is 18.1. The van der Waals surface area contributed by atoms with E-state index >= 15 is 0 Å². The largest absolute Gasteiger partial charge is 0.396 e. The molecule has 0 amide bonds. The number of nitrogens with one attached hydrogen (secondary N) is 2. The molecule has 108 valence electrons. The van der Waals surface area contributed by atoms with E-state index < -0.39 is 0 Å². The van der Waals surface area contributed by atoms with Crippen molar-refractivity contribution in [2.45, 2.75) is 34.6 Å². The van der Waals surface area contributed by atoms with Crippen LogP contribution < -0.4 is 5.32 Å². The Morgan fingerprint density at radius 2 is 1.95 bits per heavy atom. The lowest BCUT2D eigenvalue weighted by Gasteiger charge is -2.23. The lowest BCUT2D eigenvalue weighted by Crippen LogP contribution is -2.27. The van der Waals surface area contributed by atoms with Crippen molar-refractivity contribution in [1.29, 1.82) is 5.41 Å². The van der Waals surface area contributed by atoms with Crippen LogP contribution in [0.25, 0.3) is 0 Å². The number of aliphatic hydroxyl groups is 1. The van der Waals surface area contributed by atoms with Gasteiger partial charge < -0.3 is 15.8 Å². The molecule has 0 unspecified atom stereocenters. The van der Waals surface area contributed by atoms with Gasteiger partial charge in [-0.25, -0.2) is 0 Å². The van der Waals surface area contributed by atoms with E-state index in [9.17, 15) is 5.11 Å². The summed E-state index contributed by atoms with van der Waals surface area (Å²) in [6.45, 7) is 10.6. The Morgan fingerprint density at radius 3 is 2.42 bits per heavy atom. The smallest absolute Gasteiger partial charge is 0.0498 e. The van der Waals surface area contributed by atoms with Gasteiger partial charge in [-0.1, -0.05) is 43.6 Å². The van der Waals surface area contributed by atoms with E-state index in [-0.39, 0.29) is 12.0 Å². The molecule has 0 fully saturated rings. The van der Waals surface area contributed by atoms with Gasteiger partial charge in [-0.2, -0.15) is 0 Å². The maximum atomic E-state index is 9.21. The third-order valence-corrected chi connectivity index (χ3v) is 3.06. The fourth-order valence-electron chi connectivity index (χ4n) is 1.38. The Balaban J connectivity index is 0.00000154. The average Bonchev–Trinajstić information content (AvgIpc) is 2.38. The van der Waals surface area contributed by atoms with Crippen LogP contribution in [0.15, 0.2) is 22.7 Å². The van der Waals surface area contributed by atoms with Crippen molar-refractivity contribution in [3.05, 3.63) is 28.2 Å². The molecule has 0 heterocycles. The van der Waals surface area contributed by atoms with Crippen LogP contribution in [0.1, 0.15) is 40.2 Å². The van der Waals surface area contributed by atoms with E-state index in [2.05, 4.69) is 21.2 Å². The highest BCUT2D eigenvalue weighted by Gasteiger charge is 2.17. The van der Waals surface area contributed by atoms with Crippen LogP contribution in [0.3, 0.4) is 0 Å². The van der Waals surface area contributed by atoms with Gasteiger partial charge in [0.05, 0.1) is 0 Å². The molecule has 0 radical (unpaired) electrons. The highest BCUT2D eigenvalue weighted by Crippen LogP contribution is 2.24. The van der Waals surface area contributed by atoms with Crippen molar-refractivity contribution in [2.75, 3.05) is 18.5 Å². The maximum Gasteiger partial charge on any atom is 0.0498 e. The minimum Gasteiger partial charge on any atom is -0.396 e. The van der Waals surface area contributed by atoms with E-state index in [0.717, 1.165) is 15.7 Å². The van der Waals surface area contributed by atoms with Crippen LogP contribution in [0, 0.1) is 10.8 Å². The molecule has 0 aliphatic rings. The molecule has 1 aromatic rings. The molecule has 3 nitrogen and oxygen atoms in total. The van der Waals surface area contributed by atoms with Crippen LogP contribution in [0.2, 0.25) is 0 Å². The molecule has 0 bridgehead atoms. The van der Waals surface area contributed by atoms with Crippen LogP contribution in [-0.4, -0.2) is 24.0 Å². The Hall–Kier alpha value is -0.870. The molecule has 0 atom stereocenters. The lowest BCUT2D eigenvalue weighted by molar-refractivity contribution is 0.171. The van der Waals surface area contributed by atoms with E-state index in [1.165, 1.54) is 0 Å². The first-order valence-corrected chi connectivity index (χ1v) is 7.35. The molecule has 0 aliphatic carbocycles. The van der Waals surface area contributed by atoms with Gasteiger partial charge in [0, 0.05) is 40.0 Å². The molecular weight excluding hydrogens is 304 g/mol. The van der Waals surface area contributed by atoms with Crippen molar-refractivity contribution >= 4 is 27.3 Å². The summed E-state index contributed by atoms with van der Waals surface area (Å²) in [5.74, 6) is 0. The zero-order valence-corrected chi connectivity index (χ0v) is 14.1. The second-order valence-corrected chi connectivity index (χ2v) is 5.91. The molecule has 1 aromatic carbocycles. The Bertz CT molecular complexity index is 417. The summed E-state index contributed by atoms with van der Waals surface area (Å²) in [4.78, 5) is 0. The van der Waals surface area contributed by atoms with Crippen molar-refractivity contribution in [3.63, 3.8) is 0 Å². The predicted octanol–water partition coefficient (Wildman–Crippen LogP) is 4.29. The summed E-state index contributed by atoms with van der Waals surface area (Å²) in [6, 6.07) is 5.80. The minimum atomic E-state index is -0.171. The van der Waals surface area contributed by atoms with Gasteiger partial charge in [-0.05, 0) is 25.1 Å². The number of benzene rings is 1. The van der Waals surface area contributed by atoms with E-state index in [4.69, 9.17) is 5.41 Å². The SMILES string of the molecule is CC.CC(=N)c1ccc(Br)cc1NCC(C)(C)CO. The molecule has 1 rings (SSSR count). The zero-order valence-electron chi connectivity index (χ0n) is 12.5. The molecule has 0 aromatic heterocycles. The molecule has 4 heteroatoms. The number of hydrogen-bond donors (Lipinski definition) is 3. The third-order valence-electron chi connectivity index (χ3n) is 2.57. The summed E-state index contributed by atoms with van der Waals surface area (Å²) in [5.41, 5.74) is 2.17. The topological polar surface area (TPSA) is 56.1 Å². The van der Waals surface area contributed by atoms with Gasteiger partial charge in [0.2, 0.25) is 0 Å². The first-order valence-electron chi connectivity index (χ1n) is 6.55. The fraction of sp³-hybridized carbons (Fsp3) is 0.533. The highest BCUT2D eigenvalue weighted by atomic mass is 79.9. The Morgan fingerprint density at radius 1 is 1.37 bits per heavy atom. The van der Waals surface area contributed by atoms with Gasteiger partial charge in [0.15, 0.2) is 0 Å². The molecular formula is C15H25BrN2O. The summed E-state index contributed by atoms with van der Waals surface area (Å²) < 4.78 is 0.979. The van der Waals surface area contributed by atoms with Gasteiger partial charge in [-0.3, -0.25) is 0 Å². The molecule has 19 heavy (non-hydrogen) atoms. The number of rotatable bonds is 5. The maximum absolute atomic E-state index is 9.21. The average molecular weight is 329 g/mol. The summed E-state index contributed by atoms with van der Waals surface area (Å²) >= 11 is 3.42. The van der Waals surface area contributed by atoms with Crippen LogP contribution in [0.5, 0.6) is 0 Å². The third kappa shape index (κ3) is 6.21. The molecule has 0 aliphatic heterocycles. The van der Waals surface area contributed by atoms with Gasteiger partial charge >= 0.3 is 0 Å². The van der Waals surface area contributed by atoms with Crippen LogP contribution in [0.4, 0.5) is 5.69 Å². The van der Waals surface area contributed by atoms with Crippen LogP contribution in [-0.2, 0) is 0 Å². The summed E-state index contributed by atoms with van der Waals surface area (Å²) in [5, 5.41) is 20.2. The van der Waals surface area contributed by atoms with Crippen molar-refractivity contribution in [2.24, 2.45) is 5.41 Å². The van der Waals surface area contributed by atoms with E-state index in [1.807, 2.05) is 45.9 Å². The zero-order chi connectivity index (χ0) is 15.1. The van der Waals surface area contributed by atoms with Crippen molar-refractivity contribution < 1.29 is 5.11 Å². The molecule has 0 saturated heterocycles. The molecule has 3 N–H and O–H groups in total. The van der Waals surface area contributed by atoms with Gasteiger partial charge in [-0.15, -0.1) is 0 Å². The number of halogens is 1. The minimum absolute atomic E-state index is 0.132. The van der Waals surface area contributed by atoms with E-state index in [1.54, 1.807) is 6.92 Å². The van der Waals surface area contributed by atoms with Gasteiger partial charge in [0.1, 0.15) is 0 Å². The molecule has 0 saturated carbocycles. The van der Waals surface area contributed by atoms with E-state index in [0.29, 0.717) is 12.3 Å². The Labute approximate surface area is 125 Å². The van der Waals surface area contributed by atoms with Crippen molar-refractivity contribution in [3.8, 4) is 0 Å². The second kappa shape index (κ2) is 8.33. The second-order valence-electron chi connectivity index (χ2n) is 4.99. The lowest BCUT2D eigenvalue weighted by atomic mass is 9.94. The summed E-state index contributed by atoms with van der Waals surface area (Å²) in [7, 11) is 0. The van der Waals surface area contributed by atoms with Gasteiger partial charge in [0.25, 0.3) is 0 Å². The number of aliphatic hydroxyl groups excluding tert-OH is 1. The van der Waals surface area contributed by atoms with Crippen LogP contribution >= 0.6 is 15.9 Å². The monoisotopic (exact) mass is 328 g/mol. The quantitative estimate of drug-likeness (QED) is 0.706.